The Labute approximate surface area is 151 Å². The minimum atomic E-state index is 0. The minimum Gasteiger partial charge on any atom is -0.504 e. The van der Waals surface area contributed by atoms with Gasteiger partial charge in [-0.15, -0.1) is 31.4 Å². The van der Waals surface area contributed by atoms with E-state index < -0.39 is 0 Å². The molecular weight excluding hydrogens is 335 g/mol. The van der Waals surface area contributed by atoms with E-state index in [-0.39, 0.29) is 36.6 Å². The Bertz CT molecular complexity index is 491. The smallest absolute Gasteiger partial charge is 0.162 e. The molecule has 23 heavy (non-hydrogen) atoms. The molecule has 0 amide bonds. The highest BCUT2D eigenvalue weighted by Crippen LogP contribution is 2.38. The number of hydrogen-bond acceptors (Lipinski definition) is 4. The molecule has 2 N–H and O–H groups in total. The van der Waals surface area contributed by atoms with Gasteiger partial charge in [0.1, 0.15) is 0 Å². The van der Waals surface area contributed by atoms with Gasteiger partial charge >= 0.3 is 0 Å². The summed E-state index contributed by atoms with van der Waals surface area (Å²) in [6.45, 7) is 12.5. The van der Waals surface area contributed by atoms with E-state index in [1.54, 1.807) is 0 Å². The zero-order chi connectivity index (χ0) is 15.2. The number of para-hydroxylation sites is 1. The Hall–Kier alpha value is -0.940. The number of hydrogen-bond donors (Lipinski definition) is 2. The van der Waals surface area contributed by atoms with Crippen LogP contribution in [0.25, 0.3) is 0 Å². The summed E-state index contributed by atoms with van der Waals surface area (Å²) in [4.78, 5) is 2.41. The van der Waals surface area contributed by atoms with Crippen LogP contribution < -0.4 is 10.1 Å². The standard InChI is InChI=1S/C17H26N2O2.2ClH/c1-4-21-16-7-5-6-14(17(16)20)15(12-13(2)3)19-10-8-18-9-11-19;;/h5-7,15,18,20H,2,4,8-12H2,1,3H3;2*1H/t15-;;/m1../s1. The highest BCUT2D eigenvalue weighted by molar-refractivity contribution is 5.85. The third kappa shape index (κ3) is 5.88. The summed E-state index contributed by atoms with van der Waals surface area (Å²) in [7, 11) is 0. The lowest BCUT2D eigenvalue weighted by molar-refractivity contribution is 0.169. The van der Waals surface area contributed by atoms with E-state index in [1.165, 1.54) is 0 Å². The summed E-state index contributed by atoms with van der Waals surface area (Å²) >= 11 is 0. The number of rotatable bonds is 6. The highest BCUT2D eigenvalue weighted by atomic mass is 35.5. The molecule has 132 valence electrons. The lowest BCUT2D eigenvalue weighted by Gasteiger charge is -2.35. The van der Waals surface area contributed by atoms with Crippen LogP contribution in [0.1, 0.15) is 31.9 Å². The summed E-state index contributed by atoms with van der Waals surface area (Å²) in [5.74, 6) is 0.834. The first kappa shape index (κ1) is 22.1. The molecule has 4 nitrogen and oxygen atoms in total. The monoisotopic (exact) mass is 362 g/mol. The van der Waals surface area contributed by atoms with Gasteiger partial charge in [-0.1, -0.05) is 17.7 Å². The van der Waals surface area contributed by atoms with E-state index in [9.17, 15) is 5.11 Å². The SMILES string of the molecule is C=C(C)C[C@H](c1cccc(OCC)c1O)N1CCNCC1.Cl.Cl. The summed E-state index contributed by atoms with van der Waals surface area (Å²) in [5, 5.41) is 13.9. The number of phenolic OH excluding ortho intramolecular Hbond substituents is 1. The van der Waals surface area contributed by atoms with Gasteiger partial charge in [0.15, 0.2) is 11.5 Å². The number of aromatic hydroxyl groups is 1. The fraction of sp³-hybridized carbons (Fsp3) is 0.529. The maximum atomic E-state index is 10.5. The number of ether oxygens (including phenoxy) is 1. The van der Waals surface area contributed by atoms with E-state index >= 15 is 0 Å². The van der Waals surface area contributed by atoms with Gasteiger partial charge in [-0.05, 0) is 26.3 Å². The molecular formula is C17H28Cl2N2O2. The number of benzene rings is 1. The predicted molar refractivity (Wildman–Crippen MR) is 100 cm³/mol. The Morgan fingerprint density at radius 2 is 2.00 bits per heavy atom. The second-order valence-electron chi connectivity index (χ2n) is 5.59. The van der Waals surface area contributed by atoms with E-state index in [0.717, 1.165) is 43.7 Å². The van der Waals surface area contributed by atoms with Crippen molar-refractivity contribution < 1.29 is 9.84 Å². The zero-order valence-electron chi connectivity index (χ0n) is 13.9. The van der Waals surface area contributed by atoms with Gasteiger partial charge in [-0.3, -0.25) is 4.90 Å². The first-order chi connectivity index (χ1) is 10.1. The van der Waals surface area contributed by atoms with Gasteiger partial charge in [0.25, 0.3) is 0 Å². The zero-order valence-corrected chi connectivity index (χ0v) is 15.5. The van der Waals surface area contributed by atoms with Crippen LogP contribution in [0, 0.1) is 0 Å². The van der Waals surface area contributed by atoms with Crippen molar-refractivity contribution in [3.63, 3.8) is 0 Å². The number of halogens is 2. The minimum absolute atomic E-state index is 0. The van der Waals surface area contributed by atoms with Crippen LogP contribution in [-0.4, -0.2) is 42.8 Å². The Balaban J connectivity index is 0.00000242. The molecule has 0 aromatic heterocycles. The molecule has 2 rings (SSSR count). The number of piperazine rings is 1. The van der Waals surface area contributed by atoms with Crippen molar-refractivity contribution in [2.45, 2.75) is 26.3 Å². The summed E-state index contributed by atoms with van der Waals surface area (Å²) in [6, 6.07) is 5.92. The molecule has 1 fully saturated rings. The molecule has 1 aromatic carbocycles. The van der Waals surface area contributed by atoms with Crippen LogP contribution in [0.4, 0.5) is 0 Å². The average molecular weight is 363 g/mol. The normalized spacial score (nSPS) is 15.9. The fourth-order valence-electron chi connectivity index (χ4n) is 2.84. The van der Waals surface area contributed by atoms with Crippen LogP contribution in [-0.2, 0) is 0 Å². The number of phenols is 1. The Morgan fingerprint density at radius 1 is 1.35 bits per heavy atom. The van der Waals surface area contributed by atoms with Crippen LogP contribution in [0.2, 0.25) is 0 Å². The summed E-state index contributed by atoms with van der Waals surface area (Å²) in [5.41, 5.74) is 2.06. The lowest BCUT2D eigenvalue weighted by Crippen LogP contribution is -2.45. The van der Waals surface area contributed by atoms with Gasteiger partial charge in [0.2, 0.25) is 0 Å². The highest BCUT2D eigenvalue weighted by Gasteiger charge is 2.25. The molecule has 1 aliphatic rings. The van der Waals surface area contributed by atoms with Gasteiger partial charge < -0.3 is 15.2 Å². The van der Waals surface area contributed by atoms with Gasteiger partial charge in [-0.2, -0.15) is 0 Å². The van der Waals surface area contributed by atoms with Crippen LogP contribution >= 0.6 is 24.8 Å². The van der Waals surface area contributed by atoms with Gasteiger partial charge in [0.05, 0.1) is 6.61 Å². The van der Waals surface area contributed by atoms with Crippen molar-refractivity contribution in [3.8, 4) is 11.5 Å². The third-order valence-electron chi connectivity index (χ3n) is 3.82. The van der Waals surface area contributed by atoms with Crippen molar-refractivity contribution in [3.05, 3.63) is 35.9 Å². The number of nitrogens with zero attached hydrogens (tertiary/aromatic N) is 1. The topological polar surface area (TPSA) is 44.7 Å². The molecule has 1 aromatic rings. The Kier molecular flexibility index (Phi) is 10.3. The number of nitrogens with one attached hydrogen (secondary N) is 1. The van der Waals surface area contributed by atoms with E-state index in [2.05, 4.69) is 16.8 Å². The second-order valence-corrected chi connectivity index (χ2v) is 5.59. The molecule has 1 saturated heterocycles. The Morgan fingerprint density at radius 3 is 2.57 bits per heavy atom. The van der Waals surface area contributed by atoms with Crippen molar-refractivity contribution in [1.82, 2.24) is 10.2 Å². The molecule has 0 aliphatic carbocycles. The fourth-order valence-corrected chi connectivity index (χ4v) is 2.84. The molecule has 0 saturated carbocycles. The maximum Gasteiger partial charge on any atom is 0.162 e. The molecule has 0 radical (unpaired) electrons. The molecule has 0 spiro atoms. The first-order valence-electron chi connectivity index (χ1n) is 7.67. The van der Waals surface area contributed by atoms with E-state index in [0.29, 0.717) is 12.4 Å². The van der Waals surface area contributed by atoms with Gasteiger partial charge in [0, 0.05) is 37.8 Å². The second kappa shape index (κ2) is 10.8. The maximum absolute atomic E-state index is 10.5. The van der Waals surface area contributed by atoms with Crippen LogP contribution in [0.5, 0.6) is 11.5 Å². The molecule has 0 bridgehead atoms. The van der Waals surface area contributed by atoms with E-state index in [1.807, 2.05) is 32.0 Å². The quantitative estimate of drug-likeness (QED) is 0.759. The molecule has 1 heterocycles. The summed E-state index contributed by atoms with van der Waals surface area (Å²) < 4.78 is 5.52. The van der Waals surface area contributed by atoms with Crippen LogP contribution in [0.3, 0.4) is 0 Å². The molecule has 0 unspecified atom stereocenters. The van der Waals surface area contributed by atoms with Gasteiger partial charge in [-0.25, -0.2) is 0 Å². The summed E-state index contributed by atoms with van der Waals surface area (Å²) in [6.07, 6.45) is 0.850. The van der Waals surface area contributed by atoms with Crippen molar-refractivity contribution in [2.24, 2.45) is 0 Å². The lowest BCUT2D eigenvalue weighted by atomic mass is 9.96. The first-order valence-corrected chi connectivity index (χ1v) is 7.67. The van der Waals surface area contributed by atoms with Crippen molar-refractivity contribution >= 4 is 24.8 Å². The predicted octanol–water partition coefficient (Wildman–Crippen LogP) is 3.55. The average Bonchev–Trinajstić information content (AvgIpc) is 2.48. The van der Waals surface area contributed by atoms with Crippen molar-refractivity contribution in [1.29, 1.82) is 0 Å². The molecule has 6 heteroatoms. The van der Waals surface area contributed by atoms with E-state index in [4.69, 9.17) is 4.74 Å². The molecule has 1 atom stereocenters. The largest absolute Gasteiger partial charge is 0.504 e. The van der Waals surface area contributed by atoms with Crippen LogP contribution in [0.15, 0.2) is 30.4 Å². The third-order valence-corrected chi connectivity index (χ3v) is 3.82. The molecule has 1 aliphatic heterocycles. The van der Waals surface area contributed by atoms with Crippen molar-refractivity contribution in [2.75, 3.05) is 32.8 Å².